The summed E-state index contributed by atoms with van der Waals surface area (Å²) in [7, 11) is 0. The molecule has 1 unspecified atom stereocenters. The van der Waals surface area contributed by atoms with Crippen molar-refractivity contribution >= 4 is 55.3 Å². The minimum atomic E-state index is -0.888. The highest BCUT2D eigenvalue weighted by molar-refractivity contribution is 9.11. The molecule has 178 valence electrons. The highest BCUT2D eigenvalue weighted by atomic mass is 79.9. The molecule has 0 bridgehead atoms. The Bertz CT molecular complexity index is 1020. The van der Waals surface area contributed by atoms with Crippen LogP contribution in [0.1, 0.15) is 35.3 Å². The zero-order chi connectivity index (χ0) is 24.5. The first-order valence-electron chi connectivity index (χ1n) is 9.89. The number of aromatic hydroxyl groups is 1. The zero-order valence-electron chi connectivity index (χ0n) is 17.7. The summed E-state index contributed by atoms with van der Waals surface area (Å²) in [5, 5.41) is 18.4. The number of carbonyl (C=O) groups is 3. The molecule has 8 N–H and O–H groups in total. The van der Waals surface area contributed by atoms with Crippen molar-refractivity contribution in [2.24, 2.45) is 11.5 Å². The van der Waals surface area contributed by atoms with E-state index < -0.39 is 30.1 Å². The van der Waals surface area contributed by atoms with E-state index in [-0.39, 0.29) is 25.3 Å². The summed E-state index contributed by atoms with van der Waals surface area (Å²) < 4.78 is 5.99. The standard InChI is InChI=1S/C21H25Br2N5O5/c1-2-33-18(30)9-16(14-7-12(22)8-15(23)19(14)31)28-17(29)10-26-20(32)11-4-3-5-13(6-11)27-21(24)25/h3-8,16,21,27,31H,2,9-10,24-25H2,1H3,(H,26,32)(H,28,29). The van der Waals surface area contributed by atoms with Crippen LogP contribution < -0.4 is 27.4 Å². The summed E-state index contributed by atoms with van der Waals surface area (Å²) in [5.41, 5.74) is 12.1. The number of halogens is 2. The van der Waals surface area contributed by atoms with Gasteiger partial charge in [-0.15, -0.1) is 0 Å². The van der Waals surface area contributed by atoms with Crippen molar-refractivity contribution in [1.82, 2.24) is 10.6 Å². The molecule has 2 amide bonds. The summed E-state index contributed by atoms with van der Waals surface area (Å²) in [6.45, 7) is 1.48. The molecule has 0 aliphatic heterocycles. The molecule has 0 fully saturated rings. The zero-order valence-corrected chi connectivity index (χ0v) is 20.9. The highest BCUT2D eigenvalue weighted by Crippen LogP contribution is 2.36. The molecule has 0 aliphatic rings. The van der Waals surface area contributed by atoms with Gasteiger partial charge in [-0.2, -0.15) is 0 Å². The van der Waals surface area contributed by atoms with E-state index in [0.29, 0.717) is 25.8 Å². The van der Waals surface area contributed by atoms with Gasteiger partial charge in [-0.05, 0) is 53.2 Å². The van der Waals surface area contributed by atoms with Gasteiger partial charge in [0.05, 0.1) is 30.1 Å². The number of amides is 2. The van der Waals surface area contributed by atoms with Crippen LogP contribution >= 0.6 is 31.9 Å². The van der Waals surface area contributed by atoms with Crippen molar-refractivity contribution < 1.29 is 24.2 Å². The van der Waals surface area contributed by atoms with Crippen LogP contribution in [0.4, 0.5) is 5.69 Å². The van der Waals surface area contributed by atoms with Crippen LogP contribution in [0.5, 0.6) is 5.75 Å². The van der Waals surface area contributed by atoms with Gasteiger partial charge in [-0.1, -0.05) is 22.0 Å². The topological polar surface area (TPSA) is 169 Å². The first-order valence-corrected chi connectivity index (χ1v) is 11.5. The molecule has 0 heterocycles. The number of nitrogens with one attached hydrogen (secondary N) is 3. The second-order valence-electron chi connectivity index (χ2n) is 6.89. The molecule has 0 radical (unpaired) electrons. The summed E-state index contributed by atoms with van der Waals surface area (Å²) in [4.78, 5) is 37.1. The van der Waals surface area contributed by atoms with E-state index in [4.69, 9.17) is 16.2 Å². The molecule has 2 aromatic rings. The number of nitrogens with two attached hydrogens (primary N) is 2. The second-order valence-corrected chi connectivity index (χ2v) is 8.66. The van der Waals surface area contributed by atoms with Crippen molar-refractivity contribution in [2.75, 3.05) is 18.5 Å². The van der Waals surface area contributed by atoms with Gasteiger partial charge < -0.3 is 25.8 Å². The first-order chi connectivity index (χ1) is 15.6. The van der Waals surface area contributed by atoms with Crippen LogP contribution in [-0.2, 0) is 14.3 Å². The molecule has 0 aromatic heterocycles. The molecule has 12 heteroatoms. The van der Waals surface area contributed by atoms with Gasteiger partial charge in [0, 0.05) is 21.3 Å². The number of ether oxygens (including phenoxy) is 1. The molecule has 33 heavy (non-hydrogen) atoms. The second kappa shape index (κ2) is 12.5. The number of carbonyl (C=O) groups excluding carboxylic acids is 3. The Morgan fingerprint density at radius 2 is 1.88 bits per heavy atom. The van der Waals surface area contributed by atoms with E-state index >= 15 is 0 Å². The van der Waals surface area contributed by atoms with Gasteiger partial charge in [0.1, 0.15) is 12.0 Å². The molecular weight excluding hydrogens is 562 g/mol. The number of hydrogen-bond donors (Lipinski definition) is 6. The number of rotatable bonds is 10. The van der Waals surface area contributed by atoms with E-state index in [1.54, 1.807) is 43.3 Å². The molecule has 0 aliphatic carbocycles. The lowest BCUT2D eigenvalue weighted by molar-refractivity contribution is -0.143. The van der Waals surface area contributed by atoms with Crippen LogP contribution in [0.2, 0.25) is 0 Å². The summed E-state index contributed by atoms with van der Waals surface area (Å²) in [5.74, 6) is -1.73. The first kappa shape index (κ1) is 26.6. The number of anilines is 1. The average molecular weight is 587 g/mol. The number of benzene rings is 2. The van der Waals surface area contributed by atoms with Gasteiger partial charge in [0.25, 0.3) is 5.91 Å². The number of esters is 1. The Labute approximate surface area is 207 Å². The smallest absolute Gasteiger partial charge is 0.308 e. The fourth-order valence-electron chi connectivity index (χ4n) is 2.93. The molecular formula is C21H25Br2N5O5. The van der Waals surface area contributed by atoms with Gasteiger partial charge in [0.2, 0.25) is 5.91 Å². The van der Waals surface area contributed by atoms with Crippen LogP contribution in [-0.4, -0.2) is 42.3 Å². The summed E-state index contributed by atoms with van der Waals surface area (Å²) in [6, 6.07) is 8.77. The summed E-state index contributed by atoms with van der Waals surface area (Å²) in [6.07, 6.45) is -1.00. The predicted octanol–water partition coefficient (Wildman–Crippen LogP) is 2.07. The third-order valence-corrected chi connectivity index (χ3v) is 5.37. The van der Waals surface area contributed by atoms with E-state index in [1.165, 1.54) is 0 Å². The Balaban J connectivity index is 2.10. The Morgan fingerprint density at radius 1 is 1.15 bits per heavy atom. The fourth-order valence-corrected chi connectivity index (χ4v) is 4.19. The summed E-state index contributed by atoms with van der Waals surface area (Å²) >= 11 is 6.57. The van der Waals surface area contributed by atoms with Crippen molar-refractivity contribution in [3.8, 4) is 5.75 Å². The van der Waals surface area contributed by atoms with Crippen LogP contribution in [0, 0.1) is 0 Å². The Morgan fingerprint density at radius 3 is 2.55 bits per heavy atom. The maximum absolute atomic E-state index is 12.6. The molecule has 2 rings (SSSR count). The van der Waals surface area contributed by atoms with E-state index in [1.807, 2.05) is 0 Å². The predicted molar refractivity (Wildman–Crippen MR) is 130 cm³/mol. The van der Waals surface area contributed by atoms with Crippen molar-refractivity contribution in [2.45, 2.75) is 25.7 Å². The van der Waals surface area contributed by atoms with Crippen molar-refractivity contribution in [1.29, 1.82) is 0 Å². The normalized spacial score (nSPS) is 11.6. The maximum atomic E-state index is 12.6. The van der Waals surface area contributed by atoms with Gasteiger partial charge in [-0.3, -0.25) is 25.9 Å². The van der Waals surface area contributed by atoms with E-state index in [0.717, 1.165) is 0 Å². The quantitative estimate of drug-likeness (QED) is 0.181. The lowest BCUT2D eigenvalue weighted by Gasteiger charge is -2.21. The van der Waals surface area contributed by atoms with Crippen molar-refractivity contribution in [3.63, 3.8) is 0 Å². The van der Waals surface area contributed by atoms with Crippen LogP contribution in [0.15, 0.2) is 45.3 Å². The minimum Gasteiger partial charge on any atom is -0.506 e. The van der Waals surface area contributed by atoms with Gasteiger partial charge in [0.15, 0.2) is 0 Å². The molecule has 0 saturated carbocycles. The molecule has 2 aromatic carbocycles. The fraction of sp³-hybridized carbons (Fsp3) is 0.286. The molecule has 0 spiro atoms. The highest BCUT2D eigenvalue weighted by Gasteiger charge is 2.24. The average Bonchev–Trinajstić information content (AvgIpc) is 2.74. The third-order valence-electron chi connectivity index (χ3n) is 4.31. The largest absolute Gasteiger partial charge is 0.506 e. The SMILES string of the molecule is CCOC(=O)CC(NC(=O)CNC(=O)c1cccc(NC(N)N)c1)c1cc(Br)cc(Br)c1O. The lowest BCUT2D eigenvalue weighted by atomic mass is 10.0. The van der Waals surface area contributed by atoms with Gasteiger partial charge in [-0.25, -0.2) is 0 Å². The Kier molecular flexibility index (Phi) is 10.1. The third kappa shape index (κ3) is 8.31. The number of hydrogen-bond acceptors (Lipinski definition) is 8. The van der Waals surface area contributed by atoms with Crippen LogP contribution in [0.3, 0.4) is 0 Å². The van der Waals surface area contributed by atoms with Crippen LogP contribution in [0.25, 0.3) is 0 Å². The lowest BCUT2D eigenvalue weighted by Crippen LogP contribution is -2.39. The Hall–Kier alpha value is -2.67. The number of phenolic OH excluding ortho intramolecular Hbond substituents is 1. The van der Waals surface area contributed by atoms with Gasteiger partial charge >= 0.3 is 5.97 Å². The maximum Gasteiger partial charge on any atom is 0.308 e. The molecule has 10 nitrogen and oxygen atoms in total. The minimum absolute atomic E-state index is 0.126. The molecule has 0 saturated heterocycles. The van der Waals surface area contributed by atoms with Crippen molar-refractivity contribution in [3.05, 3.63) is 56.5 Å². The van der Waals surface area contributed by atoms with E-state index in [2.05, 4.69) is 47.8 Å². The van der Waals surface area contributed by atoms with E-state index in [9.17, 15) is 19.5 Å². The monoisotopic (exact) mass is 585 g/mol. The molecule has 1 atom stereocenters. The number of phenols is 1.